The first-order valence-electron chi connectivity index (χ1n) is 11.0. The van der Waals surface area contributed by atoms with E-state index in [0.717, 1.165) is 53.9 Å². The van der Waals surface area contributed by atoms with Crippen LogP contribution in [0.25, 0.3) is 22.1 Å². The summed E-state index contributed by atoms with van der Waals surface area (Å²) in [4.78, 5) is 15.4. The monoisotopic (exact) mass is 404 g/mol. The van der Waals surface area contributed by atoms with Gasteiger partial charge in [-0.05, 0) is 50.4 Å². The predicted molar refractivity (Wildman–Crippen MR) is 118 cm³/mol. The number of amides is 1. The van der Waals surface area contributed by atoms with Crippen molar-refractivity contribution in [1.82, 2.24) is 10.2 Å². The zero-order chi connectivity index (χ0) is 20.5. The first-order chi connectivity index (χ1) is 14.7. The van der Waals surface area contributed by atoms with Gasteiger partial charge in [0.1, 0.15) is 11.3 Å². The summed E-state index contributed by atoms with van der Waals surface area (Å²) in [5, 5.41) is 4.15. The first-order valence-corrected chi connectivity index (χ1v) is 11.0. The molecule has 3 aliphatic heterocycles. The fourth-order valence-corrected chi connectivity index (χ4v) is 4.78. The lowest BCUT2D eigenvalue weighted by molar-refractivity contribution is 0.0607. The zero-order valence-corrected chi connectivity index (χ0v) is 17.4. The maximum absolute atomic E-state index is 13.0. The highest BCUT2D eigenvalue weighted by Crippen LogP contribution is 2.36. The molecule has 3 aromatic rings. The third-order valence-electron chi connectivity index (χ3n) is 6.38. The summed E-state index contributed by atoms with van der Waals surface area (Å²) >= 11 is 0. The van der Waals surface area contributed by atoms with Gasteiger partial charge in [0.25, 0.3) is 5.91 Å². The van der Waals surface area contributed by atoms with Crippen molar-refractivity contribution in [3.63, 3.8) is 0 Å². The number of rotatable bonds is 6. The van der Waals surface area contributed by atoms with E-state index < -0.39 is 0 Å². The maximum Gasteiger partial charge on any atom is 0.287 e. The Kier molecular flexibility index (Phi) is 5.21. The summed E-state index contributed by atoms with van der Waals surface area (Å²) in [5.74, 6) is 1.68. The number of piperidine rings is 3. The molecule has 1 aromatic heterocycles. The van der Waals surface area contributed by atoms with Gasteiger partial charge < -0.3 is 19.4 Å². The molecule has 0 aliphatic carbocycles. The average molecular weight is 405 g/mol. The summed E-state index contributed by atoms with van der Waals surface area (Å²) < 4.78 is 12.1. The van der Waals surface area contributed by atoms with Crippen LogP contribution in [0.5, 0.6) is 5.75 Å². The van der Waals surface area contributed by atoms with Crippen LogP contribution in [0, 0.1) is 5.92 Å². The first kappa shape index (κ1) is 19.2. The fraction of sp³-hybridized carbons (Fsp3) is 0.400. The quantitative estimate of drug-likeness (QED) is 0.646. The zero-order valence-electron chi connectivity index (χ0n) is 17.4. The van der Waals surface area contributed by atoms with Crippen molar-refractivity contribution in [2.24, 2.45) is 5.92 Å². The number of para-hydroxylation sites is 2. The minimum atomic E-state index is -0.119. The number of nitrogens with zero attached hydrogens (tertiary/aromatic N) is 1. The van der Waals surface area contributed by atoms with Crippen LogP contribution in [-0.2, 0) is 0 Å². The third kappa shape index (κ3) is 3.58. The third-order valence-corrected chi connectivity index (χ3v) is 6.38. The minimum Gasteiger partial charge on any atom is -0.493 e. The Morgan fingerprint density at radius 2 is 1.93 bits per heavy atom. The molecule has 4 heterocycles. The Morgan fingerprint density at radius 3 is 2.70 bits per heavy atom. The normalized spacial score (nSPS) is 22.9. The number of ether oxygens (including phenoxy) is 1. The molecule has 6 rings (SSSR count). The van der Waals surface area contributed by atoms with Gasteiger partial charge in [0.2, 0.25) is 0 Å². The van der Waals surface area contributed by atoms with Crippen molar-refractivity contribution in [1.29, 1.82) is 0 Å². The molecule has 2 bridgehead atoms. The Hall–Kier alpha value is -2.79. The van der Waals surface area contributed by atoms with Gasteiger partial charge in [0.05, 0.1) is 6.61 Å². The van der Waals surface area contributed by atoms with E-state index in [9.17, 15) is 4.79 Å². The fourth-order valence-electron chi connectivity index (χ4n) is 4.78. The number of nitrogens with one attached hydrogen (secondary N) is 1. The van der Waals surface area contributed by atoms with Crippen LogP contribution in [0.3, 0.4) is 0 Å². The average Bonchev–Trinajstić information content (AvgIpc) is 3.23. The Morgan fingerprint density at radius 1 is 1.13 bits per heavy atom. The lowest BCUT2D eigenvalue weighted by Gasteiger charge is -2.44. The molecule has 5 heteroatoms. The number of carbonyl (C=O) groups excluding carboxylic acids is 1. The SMILES string of the molecule is CCCOc1ccccc1-c1cccc2cc(C(=O)N[C@H]3CN4CCC3CC4)oc12. The molecule has 30 heavy (non-hydrogen) atoms. The summed E-state index contributed by atoms with van der Waals surface area (Å²) in [5.41, 5.74) is 2.65. The Bertz CT molecular complexity index is 1050. The molecule has 3 aliphatic rings. The summed E-state index contributed by atoms with van der Waals surface area (Å²) in [6.45, 7) is 6.02. The van der Waals surface area contributed by atoms with E-state index in [4.69, 9.17) is 9.15 Å². The highest BCUT2D eigenvalue weighted by Gasteiger charge is 2.35. The number of fused-ring (bicyclic) bond motifs is 4. The summed E-state index contributed by atoms with van der Waals surface area (Å²) in [6.07, 6.45) is 3.29. The molecule has 0 spiro atoms. The largest absolute Gasteiger partial charge is 0.493 e. The van der Waals surface area contributed by atoms with E-state index in [1.807, 2.05) is 48.5 Å². The lowest BCUT2D eigenvalue weighted by atomic mass is 9.84. The number of benzene rings is 2. The molecule has 0 saturated carbocycles. The molecule has 3 saturated heterocycles. The molecule has 1 N–H and O–H groups in total. The molecular formula is C25H28N2O3. The maximum atomic E-state index is 13.0. The molecule has 5 nitrogen and oxygen atoms in total. The molecule has 3 fully saturated rings. The van der Waals surface area contributed by atoms with E-state index in [0.29, 0.717) is 18.3 Å². The van der Waals surface area contributed by atoms with E-state index in [1.54, 1.807) is 0 Å². The molecule has 1 atom stereocenters. The van der Waals surface area contributed by atoms with Crippen LogP contribution in [0.2, 0.25) is 0 Å². The van der Waals surface area contributed by atoms with Crippen LogP contribution in [0.1, 0.15) is 36.7 Å². The van der Waals surface area contributed by atoms with Gasteiger partial charge in [-0.1, -0.05) is 43.3 Å². The van der Waals surface area contributed by atoms with Gasteiger partial charge in [-0.2, -0.15) is 0 Å². The van der Waals surface area contributed by atoms with E-state index in [2.05, 4.69) is 17.1 Å². The van der Waals surface area contributed by atoms with Crippen molar-refractivity contribution in [3.8, 4) is 16.9 Å². The predicted octanol–water partition coefficient (Wildman–Crippen LogP) is 4.71. The number of hydrogen-bond donors (Lipinski definition) is 1. The van der Waals surface area contributed by atoms with E-state index >= 15 is 0 Å². The van der Waals surface area contributed by atoms with Gasteiger partial charge in [0.15, 0.2) is 5.76 Å². The molecular weight excluding hydrogens is 376 g/mol. The van der Waals surface area contributed by atoms with Gasteiger partial charge in [-0.15, -0.1) is 0 Å². The molecule has 0 radical (unpaired) electrons. The highest BCUT2D eigenvalue weighted by atomic mass is 16.5. The van der Waals surface area contributed by atoms with Gasteiger partial charge >= 0.3 is 0 Å². The van der Waals surface area contributed by atoms with Gasteiger partial charge in [-0.25, -0.2) is 0 Å². The molecule has 0 unspecified atom stereocenters. The lowest BCUT2D eigenvalue weighted by Crippen LogP contribution is -2.57. The van der Waals surface area contributed by atoms with Crippen molar-refractivity contribution >= 4 is 16.9 Å². The number of carbonyl (C=O) groups is 1. The summed E-state index contributed by atoms with van der Waals surface area (Å²) in [6, 6.07) is 16.1. The van der Waals surface area contributed by atoms with Crippen LogP contribution in [0.15, 0.2) is 52.9 Å². The Labute approximate surface area is 177 Å². The molecule has 2 aromatic carbocycles. The van der Waals surface area contributed by atoms with Crippen molar-refractivity contribution in [2.45, 2.75) is 32.2 Å². The number of hydrogen-bond acceptors (Lipinski definition) is 4. The van der Waals surface area contributed by atoms with Crippen molar-refractivity contribution in [3.05, 3.63) is 54.3 Å². The summed E-state index contributed by atoms with van der Waals surface area (Å²) in [7, 11) is 0. The Balaban J connectivity index is 1.44. The van der Waals surface area contributed by atoms with Crippen LogP contribution in [-0.4, -0.2) is 43.1 Å². The second-order valence-electron chi connectivity index (χ2n) is 8.40. The highest BCUT2D eigenvalue weighted by molar-refractivity contribution is 6.00. The minimum absolute atomic E-state index is 0.119. The van der Waals surface area contributed by atoms with Gasteiger partial charge in [-0.3, -0.25) is 4.79 Å². The topological polar surface area (TPSA) is 54.7 Å². The van der Waals surface area contributed by atoms with Crippen molar-refractivity contribution in [2.75, 3.05) is 26.2 Å². The second-order valence-corrected chi connectivity index (χ2v) is 8.40. The van der Waals surface area contributed by atoms with E-state index in [1.165, 1.54) is 12.8 Å². The van der Waals surface area contributed by atoms with Crippen LogP contribution in [0.4, 0.5) is 0 Å². The molecule has 1 amide bonds. The van der Waals surface area contributed by atoms with E-state index in [-0.39, 0.29) is 11.9 Å². The van der Waals surface area contributed by atoms with Gasteiger partial charge in [0, 0.05) is 29.1 Å². The molecule has 156 valence electrons. The standard InChI is InChI=1S/C25H28N2O3/c1-2-14-29-22-9-4-3-7-19(22)20-8-5-6-18-15-23(30-24(18)20)25(28)26-21-16-27-12-10-17(21)11-13-27/h3-9,15,17,21H,2,10-14,16H2,1H3,(H,26,28)/t21-/m0/s1. The smallest absolute Gasteiger partial charge is 0.287 e. The van der Waals surface area contributed by atoms with Crippen LogP contribution < -0.4 is 10.1 Å². The second kappa shape index (κ2) is 8.15. The van der Waals surface area contributed by atoms with Crippen LogP contribution >= 0.6 is 0 Å². The number of furan rings is 1. The van der Waals surface area contributed by atoms with Crippen molar-refractivity contribution < 1.29 is 13.9 Å².